The predicted molar refractivity (Wildman–Crippen MR) is 117 cm³/mol. The Hall–Kier alpha value is -2.82. The van der Waals surface area contributed by atoms with Crippen LogP contribution in [0.4, 0.5) is 4.79 Å². The zero-order valence-electron chi connectivity index (χ0n) is 18.2. The molecule has 160 valence electrons. The standard InChI is InChI=1S/C25H31NO4/c1-17(19-8-6-5-7-9-19)22-15-14-21(26(22)24(29)30-25(2,3)4)16-18-10-12-20(13-11-18)23(27)28/h5-13,17,21-22H,14-16H2,1-4H3,(H,27,28)/t17-,21?,22-/m1/s1. The van der Waals surface area contributed by atoms with Gasteiger partial charge in [0.1, 0.15) is 5.60 Å². The van der Waals surface area contributed by atoms with E-state index in [2.05, 4.69) is 19.1 Å². The summed E-state index contributed by atoms with van der Waals surface area (Å²) >= 11 is 0. The summed E-state index contributed by atoms with van der Waals surface area (Å²) in [5, 5.41) is 9.12. The van der Waals surface area contributed by atoms with E-state index in [1.54, 1.807) is 12.1 Å². The number of aromatic carboxylic acids is 1. The van der Waals surface area contributed by atoms with E-state index in [9.17, 15) is 9.59 Å². The molecule has 2 aromatic carbocycles. The van der Waals surface area contributed by atoms with E-state index in [0.717, 1.165) is 18.4 Å². The number of carbonyl (C=O) groups is 2. The maximum atomic E-state index is 13.2. The third-order valence-electron chi connectivity index (χ3n) is 5.73. The van der Waals surface area contributed by atoms with Crippen molar-refractivity contribution in [2.45, 2.75) is 70.6 Å². The van der Waals surface area contributed by atoms with Gasteiger partial charge in [-0.25, -0.2) is 9.59 Å². The molecule has 0 radical (unpaired) electrons. The normalized spacial score (nSPS) is 20.1. The number of nitrogens with zero attached hydrogens (tertiary/aromatic N) is 1. The molecule has 30 heavy (non-hydrogen) atoms. The molecule has 0 bridgehead atoms. The smallest absolute Gasteiger partial charge is 0.410 e. The van der Waals surface area contributed by atoms with Crippen LogP contribution in [0, 0.1) is 0 Å². The van der Waals surface area contributed by atoms with Crippen LogP contribution in [0.5, 0.6) is 0 Å². The molecule has 1 fully saturated rings. The quantitative estimate of drug-likeness (QED) is 0.708. The number of carbonyl (C=O) groups excluding carboxylic acids is 1. The van der Waals surface area contributed by atoms with Crippen molar-refractivity contribution in [3.8, 4) is 0 Å². The van der Waals surface area contributed by atoms with Crippen LogP contribution in [0.15, 0.2) is 54.6 Å². The molecule has 0 saturated carbocycles. The van der Waals surface area contributed by atoms with Gasteiger partial charge in [0, 0.05) is 18.0 Å². The van der Waals surface area contributed by atoms with Crippen molar-refractivity contribution < 1.29 is 19.4 Å². The van der Waals surface area contributed by atoms with Crippen LogP contribution >= 0.6 is 0 Å². The van der Waals surface area contributed by atoms with Crippen molar-refractivity contribution in [2.24, 2.45) is 0 Å². The Kier molecular flexibility index (Phi) is 6.49. The topological polar surface area (TPSA) is 66.8 Å². The number of carboxylic acids is 1. The number of benzene rings is 2. The molecule has 1 amide bonds. The summed E-state index contributed by atoms with van der Waals surface area (Å²) in [5.74, 6) is -0.743. The molecule has 1 saturated heterocycles. The van der Waals surface area contributed by atoms with Crippen LogP contribution in [0.25, 0.3) is 0 Å². The summed E-state index contributed by atoms with van der Waals surface area (Å²) in [4.78, 5) is 26.2. The molecule has 5 nitrogen and oxygen atoms in total. The van der Waals surface area contributed by atoms with Gasteiger partial charge in [0.25, 0.3) is 0 Å². The first-order valence-corrected chi connectivity index (χ1v) is 10.5. The molecule has 3 rings (SSSR count). The number of rotatable bonds is 5. The Balaban J connectivity index is 1.84. The average Bonchev–Trinajstić information content (AvgIpc) is 3.11. The Bertz CT molecular complexity index is 870. The van der Waals surface area contributed by atoms with E-state index in [4.69, 9.17) is 9.84 Å². The first-order chi connectivity index (χ1) is 14.2. The Morgan fingerprint density at radius 2 is 1.70 bits per heavy atom. The van der Waals surface area contributed by atoms with Gasteiger partial charge in [0.15, 0.2) is 0 Å². The molecule has 2 aromatic rings. The Morgan fingerprint density at radius 3 is 2.27 bits per heavy atom. The van der Waals surface area contributed by atoms with Crippen LogP contribution in [0.1, 0.15) is 67.9 Å². The van der Waals surface area contributed by atoms with Gasteiger partial charge in [0.05, 0.1) is 5.56 Å². The molecule has 0 spiro atoms. The highest BCUT2D eigenvalue weighted by Crippen LogP contribution is 2.36. The van der Waals surface area contributed by atoms with Crippen molar-refractivity contribution in [1.29, 1.82) is 0 Å². The van der Waals surface area contributed by atoms with Crippen LogP contribution in [-0.2, 0) is 11.2 Å². The molecule has 0 aliphatic carbocycles. The lowest BCUT2D eigenvalue weighted by atomic mass is 9.92. The van der Waals surface area contributed by atoms with Crippen molar-refractivity contribution in [3.63, 3.8) is 0 Å². The molecule has 3 atom stereocenters. The van der Waals surface area contributed by atoms with E-state index >= 15 is 0 Å². The monoisotopic (exact) mass is 409 g/mol. The van der Waals surface area contributed by atoms with E-state index in [1.165, 1.54) is 5.56 Å². The summed E-state index contributed by atoms with van der Waals surface area (Å²) in [6.07, 6.45) is 2.20. The lowest BCUT2D eigenvalue weighted by Gasteiger charge is -2.35. The number of likely N-dealkylation sites (tertiary alicyclic amines) is 1. The van der Waals surface area contributed by atoms with E-state index in [0.29, 0.717) is 6.42 Å². The molecular weight excluding hydrogens is 378 g/mol. The lowest BCUT2D eigenvalue weighted by Crippen LogP contribution is -2.46. The van der Waals surface area contributed by atoms with Crippen LogP contribution in [-0.4, -0.2) is 39.8 Å². The number of carboxylic acid groups (broad SMARTS) is 1. The van der Waals surface area contributed by atoms with Crippen molar-refractivity contribution in [1.82, 2.24) is 4.90 Å². The van der Waals surface area contributed by atoms with Gasteiger partial charge in [-0.1, -0.05) is 49.4 Å². The fourth-order valence-electron chi connectivity index (χ4n) is 4.24. The maximum absolute atomic E-state index is 13.2. The summed E-state index contributed by atoms with van der Waals surface area (Å²) in [5.41, 5.74) is 1.94. The average molecular weight is 410 g/mol. The molecule has 1 N–H and O–H groups in total. The van der Waals surface area contributed by atoms with Crippen molar-refractivity contribution >= 4 is 12.1 Å². The molecular formula is C25H31NO4. The Morgan fingerprint density at radius 1 is 1.07 bits per heavy atom. The zero-order chi connectivity index (χ0) is 21.9. The second-order valence-corrected chi connectivity index (χ2v) is 9.09. The summed E-state index contributed by atoms with van der Waals surface area (Å²) in [7, 11) is 0. The van der Waals surface area contributed by atoms with Gasteiger partial charge in [-0.3, -0.25) is 0 Å². The summed E-state index contributed by atoms with van der Waals surface area (Å²) in [6, 6.07) is 17.3. The van der Waals surface area contributed by atoms with Crippen LogP contribution < -0.4 is 0 Å². The highest BCUT2D eigenvalue weighted by molar-refractivity contribution is 5.87. The molecule has 0 aromatic heterocycles. The fourth-order valence-corrected chi connectivity index (χ4v) is 4.24. The third-order valence-corrected chi connectivity index (χ3v) is 5.73. The maximum Gasteiger partial charge on any atom is 0.410 e. The minimum atomic E-state index is -0.936. The summed E-state index contributed by atoms with van der Waals surface area (Å²) in [6.45, 7) is 7.82. The highest BCUT2D eigenvalue weighted by Gasteiger charge is 2.41. The number of hydrogen-bond acceptors (Lipinski definition) is 3. The minimum absolute atomic E-state index is 0.0201. The summed E-state index contributed by atoms with van der Waals surface area (Å²) < 4.78 is 5.77. The Labute approximate surface area is 178 Å². The number of ether oxygens (including phenoxy) is 1. The van der Waals surface area contributed by atoms with Crippen molar-refractivity contribution in [3.05, 3.63) is 71.3 Å². The van der Waals surface area contributed by atoms with Gasteiger partial charge in [-0.05, 0) is 63.3 Å². The first kappa shape index (κ1) is 21.9. The number of hydrogen-bond donors (Lipinski definition) is 1. The molecule has 5 heteroatoms. The van der Waals surface area contributed by atoms with E-state index in [-0.39, 0.29) is 29.7 Å². The zero-order valence-corrected chi connectivity index (χ0v) is 18.2. The van der Waals surface area contributed by atoms with Crippen molar-refractivity contribution in [2.75, 3.05) is 0 Å². The molecule has 1 heterocycles. The molecule has 1 aliphatic heterocycles. The van der Waals surface area contributed by atoms with E-state index < -0.39 is 11.6 Å². The van der Waals surface area contributed by atoms with Gasteiger partial charge < -0.3 is 14.7 Å². The van der Waals surface area contributed by atoms with E-state index in [1.807, 2.05) is 56.0 Å². The molecule has 1 aliphatic rings. The second kappa shape index (κ2) is 8.90. The molecule has 1 unspecified atom stereocenters. The highest BCUT2D eigenvalue weighted by atomic mass is 16.6. The van der Waals surface area contributed by atoms with Crippen LogP contribution in [0.2, 0.25) is 0 Å². The second-order valence-electron chi connectivity index (χ2n) is 9.09. The fraction of sp³-hybridized carbons (Fsp3) is 0.440. The lowest BCUT2D eigenvalue weighted by molar-refractivity contribution is 0.0126. The van der Waals surface area contributed by atoms with Gasteiger partial charge in [-0.15, -0.1) is 0 Å². The van der Waals surface area contributed by atoms with Crippen LogP contribution in [0.3, 0.4) is 0 Å². The van der Waals surface area contributed by atoms with Gasteiger partial charge in [-0.2, -0.15) is 0 Å². The van der Waals surface area contributed by atoms with Gasteiger partial charge >= 0.3 is 12.1 Å². The minimum Gasteiger partial charge on any atom is -0.478 e. The SMILES string of the molecule is C[C@H](c1ccccc1)[C@H]1CCC(Cc2ccc(C(=O)O)cc2)N1C(=O)OC(C)(C)C. The van der Waals surface area contributed by atoms with Gasteiger partial charge in [0.2, 0.25) is 0 Å². The first-order valence-electron chi connectivity index (χ1n) is 10.5. The largest absolute Gasteiger partial charge is 0.478 e. The number of amides is 1. The predicted octanol–water partition coefficient (Wildman–Crippen LogP) is 5.50. The third kappa shape index (κ3) is 5.21.